The van der Waals surface area contributed by atoms with Crippen molar-refractivity contribution in [3.63, 3.8) is 0 Å². The first-order valence-corrected chi connectivity index (χ1v) is 8.50. The van der Waals surface area contributed by atoms with Crippen LogP contribution in [0.25, 0.3) is 0 Å². The van der Waals surface area contributed by atoms with Gasteiger partial charge < -0.3 is 5.73 Å². The normalized spacial score (nSPS) is 17.4. The molecule has 0 aliphatic carbocycles. The Labute approximate surface area is 143 Å². The lowest BCUT2D eigenvalue weighted by molar-refractivity contribution is 0.232. The molecule has 0 bridgehead atoms. The van der Waals surface area contributed by atoms with E-state index in [1.165, 1.54) is 22.3 Å². The second kappa shape index (κ2) is 6.50. The molecule has 3 aromatic carbocycles. The number of hydrogen-bond donors (Lipinski definition) is 1. The van der Waals surface area contributed by atoms with E-state index in [0.717, 1.165) is 25.3 Å². The Balaban J connectivity index is 1.67. The van der Waals surface area contributed by atoms with Crippen LogP contribution in [0.3, 0.4) is 0 Å². The lowest BCUT2D eigenvalue weighted by Gasteiger charge is -2.35. The number of anilines is 1. The van der Waals surface area contributed by atoms with Crippen molar-refractivity contribution in [1.82, 2.24) is 4.90 Å². The standard InChI is InChI=1S/C22H22N2/c23-22-13-7-5-11-19(22)15-24-14-18-10-4-6-12-20(18)21(16-24)17-8-2-1-3-9-17/h1-13,21H,14-16,23H2/t21-/m1/s1. The number of nitrogen functional groups attached to an aromatic ring is 1. The lowest BCUT2D eigenvalue weighted by Crippen LogP contribution is -2.33. The molecular formula is C22H22N2. The average Bonchev–Trinajstić information content (AvgIpc) is 2.64. The number of nitrogens with zero attached hydrogens (tertiary/aromatic N) is 1. The van der Waals surface area contributed by atoms with Crippen LogP contribution in [0, 0.1) is 0 Å². The molecule has 0 radical (unpaired) electrons. The molecule has 4 rings (SSSR count). The number of nitrogens with two attached hydrogens (primary N) is 1. The minimum Gasteiger partial charge on any atom is -0.398 e. The fourth-order valence-corrected chi connectivity index (χ4v) is 3.69. The Morgan fingerprint density at radius 2 is 1.54 bits per heavy atom. The topological polar surface area (TPSA) is 29.3 Å². The largest absolute Gasteiger partial charge is 0.398 e. The summed E-state index contributed by atoms with van der Waals surface area (Å²) in [5, 5.41) is 0. The third-order valence-corrected chi connectivity index (χ3v) is 4.92. The fraction of sp³-hybridized carbons (Fsp3) is 0.182. The molecule has 1 heterocycles. The quantitative estimate of drug-likeness (QED) is 0.725. The van der Waals surface area contributed by atoms with Gasteiger partial charge in [0.05, 0.1) is 0 Å². The zero-order valence-corrected chi connectivity index (χ0v) is 13.7. The smallest absolute Gasteiger partial charge is 0.0359 e. The summed E-state index contributed by atoms with van der Waals surface area (Å²) >= 11 is 0. The minimum absolute atomic E-state index is 0.418. The number of hydrogen-bond acceptors (Lipinski definition) is 2. The molecule has 0 saturated carbocycles. The molecule has 2 nitrogen and oxygen atoms in total. The molecule has 3 aromatic rings. The molecule has 0 saturated heterocycles. The van der Waals surface area contributed by atoms with E-state index in [1.54, 1.807) is 0 Å². The predicted molar refractivity (Wildman–Crippen MR) is 99.7 cm³/mol. The van der Waals surface area contributed by atoms with Crippen molar-refractivity contribution in [2.24, 2.45) is 0 Å². The summed E-state index contributed by atoms with van der Waals surface area (Å²) in [5.74, 6) is 0.418. The number of para-hydroxylation sites is 1. The van der Waals surface area contributed by atoms with Crippen molar-refractivity contribution in [2.75, 3.05) is 12.3 Å². The van der Waals surface area contributed by atoms with Gasteiger partial charge in [0.2, 0.25) is 0 Å². The van der Waals surface area contributed by atoms with Gasteiger partial charge in [0.1, 0.15) is 0 Å². The van der Waals surface area contributed by atoms with Crippen molar-refractivity contribution < 1.29 is 0 Å². The predicted octanol–water partition coefficient (Wildman–Crippen LogP) is 4.42. The van der Waals surface area contributed by atoms with Crippen molar-refractivity contribution >= 4 is 5.69 Å². The van der Waals surface area contributed by atoms with Gasteiger partial charge in [-0.1, -0.05) is 72.8 Å². The highest BCUT2D eigenvalue weighted by atomic mass is 15.1. The zero-order chi connectivity index (χ0) is 16.4. The van der Waals surface area contributed by atoms with Crippen LogP contribution in [0.2, 0.25) is 0 Å². The highest BCUT2D eigenvalue weighted by molar-refractivity contribution is 5.47. The SMILES string of the molecule is Nc1ccccc1CN1Cc2ccccc2[C@@H](c2ccccc2)C1. The number of benzene rings is 3. The van der Waals surface area contributed by atoms with Gasteiger partial charge in [-0.2, -0.15) is 0 Å². The number of fused-ring (bicyclic) bond motifs is 1. The van der Waals surface area contributed by atoms with Gasteiger partial charge in [0.15, 0.2) is 0 Å². The van der Waals surface area contributed by atoms with Crippen LogP contribution in [0.15, 0.2) is 78.9 Å². The summed E-state index contributed by atoms with van der Waals surface area (Å²) in [6.45, 7) is 2.90. The maximum atomic E-state index is 6.15. The van der Waals surface area contributed by atoms with Crippen LogP contribution >= 0.6 is 0 Å². The first kappa shape index (κ1) is 15.0. The van der Waals surface area contributed by atoms with Crippen LogP contribution in [0.1, 0.15) is 28.2 Å². The highest BCUT2D eigenvalue weighted by Crippen LogP contribution is 2.34. The third-order valence-electron chi connectivity index (χ3n) is 4.92. The molecule has 24 heavy (non-hydrogen) atoms. The maximum absolute atomic E-state index is 6.15. The average molecular weight is 314 g/mol. The third kappa shape index (κ3) is 2.93. The second-order valence-corrected chi connectivity index (χ2v) is 6.53. The molecule has 2 heteroatoms. The summed E-state index contributed by atoms with van der Waals surface area (Å²) in [6, 6.07) is 27.8. The first-order chi connectivity index (χ1) is 11.8. The van der Waals surface area contributed by atoms with E-state index in [0.29, 0.717) is 5.92 Å². The highest BCUT2D eigenvalue weighted by Gasteiger charge is 2.26. The van der Waals surface area contributed by atoms with Gasteiger partial charge in [0.25, 0.3) is 0 Å². The Morgan fingerprint density at radius 1 is 0.833 bits per heavy atom. The molecule has 120 valence electrons. The summed E-state index contributed by atoms with van der Waals surface area (Å²) < 4.78 is 0. The summed E-state index contributed by atoms with van der Waals surface area (Å²) in [5.41, 5.74) is 12.5. The Morgan fingerprint density at radius 3 is 2.38 bits per heavy atom. The maximum Gasteiger partial charge on any atom is 0.0359 e. The van der Waals surface area contributed by atoms with Crippen molar-refractivity contribution in [3.05, 3.63) is 101 Å². The molecule has 0 aromatic heterocycles. The molecule has 0 unspecified atom stereocenters. The number of rotatable bonds is 3. The Hall–Kier alpha value is -2.58. The van der Waals surface area contributed by atoms with E-state index >= 15 is 0 Å². The van der Waals surface area contributed by atoms with Gasteiger partial charge in [-0.05, 0) is 28.3 Å². The molecule has 1 aliphatic heterocycles. The van der Waals surface area contributed by atoms with Crippen molar-refractivity contribution in [2.45, 2.75) is 19.0 Å². The van der Waals surface area contributed by atoms with Gasteiger partial charge in [0, 0.05) is 31.2 Å². The summed E-state index contributed by atoms with van der Waals surface area (Å²) in [6.07, 6.45) is 0. The Bertz CT molecular complexity index is 826. The fourth-order valence-electron chi connectivity index (χ4n) is 3.69. The van der Waals surface area contributed by atoms with Gasteiger partial charge >= 0.3 is 0 Å². The molecule has 0 fully saturated rings. The second-order valence-electron chi connectivity index (χ2n) is 6.53. The van der Waals surface area contributed by atoms with E-state index in [2.05, 4.69) is 71.6 Å². The Kier molecular flexibility index (Phi) is 4.06. The molecule has 1 atom stereocenters. The molecule has 2 N–H and O–H groups in total. The van der Waals surface area contributed by atoms with E-state index in [4.69, 9.17) is 5.73 Å². The monoisotopic (exact) mass is 314 g/mol. The zero-order valence-electron chi connectivity index (χ0n) is 13.7. The molecule has 1 aliphatic rings. The van der Waals surface area contributed by atoms with Gasteiger partial charge in [-0.15, -0.1) is 0 Å². The van der Waals surface area contributed by atoms with Crippen LogP contribution in [-0.4, -0.2) is 11.4 Å². The van der Waals surface area contributed by atoms with Crippen LogP contribution < -0.4 is 5.73 Å². The summed E-state index contributed by atoms with van der Waals surface area (Å²) in [4.78, 5) is 2.51. The molecule has 0 spiro atoms. The van der Waals surface area contributed by atoms with E-state index < -0.39 is 0 Å². The van der Waals surface area contributed by atoms with Crippen LogP contribution in [0.4, 0.5) is 5.69 Å². The van der Waals surface area contributed by atoms with E-state index in [1.807, 2.05) is 12.1 Å². The first-order valence-electron chi connectivity index (χ1n) is 8.50. The van der Waals surface area contributed by atoms with Gasteiger partial charge in [-0.25, -0.2) is 0 Å². The van der Waals surface area contributed by atoms with Crippen molar-refractivity contribution in [1.29, 1.82) is 0 Å². The van der Waals surface area contributed by atoms with Crippen LogP contribution in [0.5, 0.6) is 0 Å². The van der Waals surface area contributed by atoms with E-state index in [-0.39, 0.29) is 0 Å². The van der Waals surface area contributed by atoms with Crippen LogP contribution in [-0.2, 0) is 13.1 Å². The lowest BCUT2D eigenvalue weighted by atomic mass is 9.84. The van der Waals surface area contributed by atoms with Crippen molar-refractivity contribution in [3.8, 4) is 0 Å². The molecule has 0 amide bonds. The van der Waals surface area contributed by atoms with E-state index in [9.17, 15) is 0 Å². The molecular weight excluding hydrogens is 292 g/mol. The summed E-state index contributed by atoms with van der Waals surface area (Å²) in [7, 11) is 0. The minimum atomic E-state index is 0.418. The van der Waals surface area contributed by atoms with Gasteiger partial charge in [-0.3, -0.25) is 4.90 Å².